The third kappa shape index (κ3) is 3.15. The van der Waals surface area contributed by atoms with Gasteiger partial charge in [-0.2, -0.15) is 0 Å². The fraction of sp³-hybridized carbons (Fsp3) is 0.625. The first-order valence-corrected chi connectivity index (χ1v) is 8.88. The van der Waals surface area contributed by atoms with Gasteiger partial charge in [-0.3, -0.25) is 9.80 Å². The van der Waals surface area contributed by atoms with Crippen molar-refractivity contribution in [1.29, 1.82) is 0 Å². The second kappa shape index (κ2) is 6.55. The number of nitrogens with two attached hydrogens (primary N) is 1. The van der Waals surface area contributed by atoms with E-state index in [2.05, 4.69) is 44.9 Å². The third-order valence-corrected chi connectivity index (χ3v) is 6.40. The largest absolute Gasteiger partial charge is 0.329 e. The van der Waals surface area contributed by atoms with Crippen molar-refractivity contribution in [2.45, 2.75) is 37.4 Å². The number of fused-ring (bicyclic) bond motifs is 2. The van der Waals surface area contributed by atoms with Crippen LogP contribution in [0.1, 0.15) is 30.9 Å². The number of hydrogen-bond acceptors (Lipinski definition) is 3. The molecule has 2 saturated heterocycles. The maximum Gasteiger partial charge on any atom is 0.0551 e. The highest BCUT2D eigenvalue weighted by Gasteiger charge is 2.36. The molecule has 116 valence electrons. The van der Waals surface area contributed by atoms with Gasteiger partial charge < -0.3 is 5.73 Å². The SMILES string of the molecule is CN1C2CCC1CN(C(CN)c1ccc(Br)c(Cl)c1)CC2. The van der Waals surface area contributed by atoms with Gasteiger partial charge in [-0.25, -0.2) is 0 Å². The maximum atomic E-state index is 6.26. The van der Waals surface area contributed by atoms with E-state index in [0.29, 0.717) is 12.6 Å². The quantitative estimate of drug-likeness (QED) is 0.884. The summed E-state index contributed by atoms with van der Waals surface area (Å²) in [5, 5.41) is 0.763. The van der Waals surface area contributed by atoms with Crippen molar-refractivity contribution in [3.05, 3.63) is 33.3 Å². The van der Waals surface area contributed by atoms with Gasteiger partial charge in [0.25, 0.3) is 0 Å². The molecule has 2 aliphatic rings. The maximum absolute atomic E-state index is 6.26. The molecule has 2 bridgehead atoms. The summed E-state index contributed by atoms with van der Waals surface area (Å²) in [6.45, 7) is 2.88. The van der Waals surface area contributed by atoms with Gasteiger partial charge >= 0.3 is 0 Å². The van der Waals surface area contributed by atoms with Crippen LogP contribution in [0.2, 0.25) is 5.02 Å². The smallest absolute Gasteiger partial charge is 0.0551 e. The molecular weight excluding hydrogens is 350 g/mol. The zero-order chi connectivity index (χ0) is 15.0. The highest BCUT2D eigenvalue weighted by atomic mass is 79.9. The highest BCUT2D eigenvalue weighted by Crippen LogP contribution is 2.33. The minimum absolute atomic E-state index is 0.267. The molecule has 0 aromatic heterocycles. The van der Waals surface area contributed by atoms with Crippen molar-refractivity contribution in [2.75, 3.05) is 26.7 Å². The van der Waals surface area contributed by atoms with Crippen molar-refractivity contribution < 1.29 is 0 Å². The molecule has 1 aromatic carbocycles. The van der Waals surface area contributed by atoms with E-state index in [0.717, 1.165) is 28.6 Å². The van der Waals surface area contributed by atoms with Gasteiger partial charge in [0.2, 0.25) is 0 Å². The van der Waals surface area contributed by atoms with Crippen LogP contribution in [-0.4, -0.2) is 48.6 Å². The first kappa shape index (κ1) is 15.8. The molecule has 0 saturated carbocycles. The minimum atomic E-state index is 0.267. The Labute approximate surface area is 140 Å². The summed E-state index contributed by atoms with van der Waals surface area (Å²) in [7, 11) is 2.28. The van der Waals surface area contributed by atoms with Gasteiger partial charge in [-0.05, 0) is 59.9 Å². The van der Waals surface area contributed by atoms with Gasteiger partial charge in [0, 0.05) is 42.2 Å². The Hall–Kier alpha value is -0.130. The Morgan fingerprint density at radius 2 is 2.10 bits per heavy atom. The van der Waals surface area contributed by atoms with Crippen molar-refractivity contribution in [1.82, 2.24) is 9.80 Å². The zero-order valence-electron chi connectivity index (χ0n) is 12.4. The number of benzene rings is 1. The topological polar surface area (TPSA) is 32.5 Å². The van der Waals surface area contributed by atoms with E-state index in [9.17, 15) is 0 Å². The van der Waals surface area contributed by atoms with Crippen molar-refractivity contribution in [3.63, 3.8) is 0 Å². The summed E-state index contributed by atoms with van der Waals surface area (Å²) in [6, 6.07) is 7.92. The molecule has 3 rings (SSSR count). The van der Waals surface area contributed by atoms with Gasteiger partial charge in [0.15, 0.2) is 0 Å². The Morgan fingerprint density at radius 3 is 2.81 bits per heavy atom. The third-order valence-electron chi connectivity index (χ3n) is 5.17. The molecule has 2 aliphatic heterocycles. The van der Waals surface area contributed by atoms with Crippen LogP contribution < -0.4 is 5.73 Å². The molecule has 3 atom stereocenters. The predicted molar refractivity (Wildman–Crippen MR) is 91.7 cm³/mol. The van der Waals surface area contributed by atoms with Crippen LogP contribution in [0.3, 0.4) is 0 Å². The van der Waals surface area contributed by atoms with E-state index in [1.54, 1.807) is 0 Å². The Bertz CT molecular complexity index is 510. The fourth-order valence-corrected chi connectivity index (χ4v) is 4.27. The van der Waals surface area contributed by atoms with Crippen molar-refractivity contribution >= 4 is 27.5 Å². The number of nitrogens with zero attached hydrogens (tertiary/aromatic N) is 2. The molecule has 0 aliphatic carbocycles. The molecule has 3 unspecified atom stereocenters. The lowest BCUT2D eigenvalue weighted by Gasteiger charge is -2.33. The van der Waals surface area contributed by atoms with Crippen LogP contribution in [0.5, 0.6) is 0 Å². The molecule has 2 fully saturated rings. The first-order chi connectivity index (χ1) is 10.1. The minimum Gasteiger partial charge on any atom is -0.329 e. The summed E-state index contributed by atoms with van der Waals surface area (Å²) >= 11 is 9.72. The van der Waals surface area contributed by atoms with Crippen LogP contribution in [0.15, 0.2) is 22.7 Å². The predicted octanol–water partition coefficient (Wildman–Crippen LogP) is 3.27. The molecule has 5 heteroatoms. The second-order valence-corrected chi connectivity index (χ2v) is 7.52. The Morgan fingerprint density at radius 1 is 1.33 bits per heavy atom. The van der Waals surface area contributed by atoms with E-state index in [1.165, 1.54) is 24.8 Å². The van der Waals surface area contributed by atoms with Crippen molar-refractivity contribution in [3.8, 4) is 0 Å². The fourth-order valence-electron chi connectivity index (χ4n) is 3.83. The summed E-state index contributed by atoms with van der Waals surface area (Å²) < 4.78 is 0.943. The van der Waals surface area contributed by atoms with Gasteiger partial charge in [0.1, 0.15) is 0 Å². The average molecular weight is 373 g/mol. The van der Waals surface area contributed by atoms with Crippen LogP contribution in [-0.2, 0) is 0 Å². The molecule has 0 amide bonds. The number of rotatable bonds is 3. The molecule has 3 nitrogen and oxygen atoms in total. The van der Waals surface area contributed by atoms with E-state index in [4.69, 9.17) is 17.3 Å². The average Bonchev–Trinajstić information content (AvgIpc) is 2.70. The summed E-state index contributed by atoms with van der Waals surface area (Å²) in [6.07, 6.45) is 3.91. The number of halogens is 2. The van der Waals surface area contributed by atoms with Crippen LogP contribution in [0.25, 0.3) is 0 Å². The lowest BCUT2D eigenvalue weighted by molar-refractivity contribution is 0.175. The molecule has 21 heavy (non-hydrogen) atoms. The van der Waals surface area contributed by atoms with Crippen molar-refractivity contribution in [2.24, 2.45) is 5.73 Å². The molecule has 2 heterocycles. The van der Waals surface area contributed by atoms with Crippen LogP contribution in [0.4, 0.5) is 0 Å². The highest BCUT2D eigenvalue weighted by molar-refractivity contribution is 9.10. The monoisotopic (exact) mass is 371 g/mol. The van der Waals surface area contributed by atoms with E-state index in [1.807, 2.05) is 6.07 Å². The van der Waals surface area contributed by atoms with Crippen LogP contribution in [0, 0.1) is 0 Å². The molecule has 0 spiro atoms. The lowest BCUT2D eigenvalue weighted by atomic mass is 10.0. The number of likely N-dealkylation sites (tertiary alicyclic amines) is 1. The Balaban J connectivity index is 1.81. The van der Waals surface area contributed by atoms with Gasteiger partial charge in [-0.15, -0.1) is 0 Å². The number of likely N-dealkylation sites (N-methyl/N-ethyl adjacent to an activating group) is 1. The standard InChI is InChI=1S/C16H23BrClN3/c1-20-12-3-4-13(20)10-21(7-6-12)16(9-19)11-2-5-14(17)15(18)8-11/h2,5,8,12-13,16H,3-4,6-7,9-10,19H2,1H3. The van der Waals surface area contributed by atoms with Gasteiger partial charge in [-0.1, -0.05) is 17.7 Å². The normalized spacial score (nSPS) is 28.6. The van der Waals surface area contributed by atoms with Crippen LogP contribution >= 0.6 is 27.5 Å². The molecule has 0 radical (unpaired) electrons. The summed E-state index contributed by atoms with van der Waals surface area (Å²) in [5.41, 5.74) is 7.33. The van der Waals surface area contributed by atoms with E-state index >= 15 is 0 Å². The van der Waals surface area contributed by atoms with E-state index in [-0.39, 0.29) is 6.04 Å². The van der Waals surface area contributed by atoms with Gasteiger partial charge in [0.05, 0.1) is 5.02 Å². The first-order valence-electron chi connectivity index (χ1n) is 7.71. The lowest BCUT2D eigenvalue weighted by Crippen LogP contribution is -2.40. The second-order valence-electron chi connectivity index (χ2n) is 6.26. The Kier molecular flexibility index (Phi) is 4.91. The molecular formula is C16H23BrClN3. The number of hydrogen-bond donors (Lipinski definition) is 1. The van der Waals surface area contributed by atoms with E-state index < -0.39 is 0 Å². The molecule has 1 aromatic rings. The summed E-state index contributed by atoms with van der Waals surface area (Å²) in [5.74, 6) is 0. The summed E-state index contributed by atoms with van der Waals surface area (Å²) in [4.78, 5) is 5.13. The molecule has 2 N–H and O–H groups in total. The zero-order valence-corrected chi connectivity index (χ0v) is 14.8.